The van der Waals surface area contributed by atoms with Crippen LogP contribution in [0.2, 0.25) is 5.02 Å². The van der Waals surface area contributed by atoms with E-state index >= 15 is 0 Å². The Morgan fingerprint density at radius 1 is 1.30 bits per heavy atom. The SMILES string of the molecule is CCN1CCN(C(CN)c2c(Cl)cccc2OC)CC1. The van der Waals surface area contributed by atoms with Gasteiger partial charge >= 0.3 is 0 Å². The van der Waals surface area contributed by atoms with Crippen molar-refractivity contribution in [3.63, 3.8) is 0 Å². The fourth-order valence-electron chi connectivity index (χ4n) is 2.86. The van der Waals surface area contributed by atoms with Crippen LogP contribution in [0.5, 0.6) is 5.75 Å². The van der Waals surface area contributed by atoms with E-state index < -0.39 is 0 Å². The van der Waals surface area contributed by atoms with Gasteiger partial charge in [-0.2, -0.15) is 0 Å². The van der Waals surface area contributed by atoms with Crippen molar-refractivity contribution in [3.8, 4) is 5.75 Å². The highest BCUT2D eigenvalue weighted by atomic mass is 35.5. The number of benzene rings is 1. The topological polar surface area (TPSA) is 41.7 Å². The Morgan fingerprint density at radius 3 is 2.55 bits per heavy atom. The van der Waals surface area contributed by atoms with E-state index in [2.05, 4.69) is 16.7 Å². The molecule has 1 saturated heterocycles. The van der Waals surface area contributed by atoms with Crippen LogP contribution in [0.4, 0.5) is 0 Å². The Bertz CT molecular complexity index is 433. The predicted molar refractivity (Wildman–Crippen MR) is 83.5 cm³/mol. The van der Waals surface area contributed by atoms with Crippen LogP contribution in [-0.2, 0) is 0 Å². The van der Waals surface area contributed by atoms with Gasteiger partial charge in [0.1, 0.15) is 5.75 Å². The van der Waals surface area contributed by atoms with Crippen LogP contribution < -0.4 is 10.5 Å². The summed E-state index contributed by atoms with van der Waals surface area (Å²) >= 11 is 6.38. The highest BCUT2D eigenvalue weighted by Crippen LogP contribution is 2.35. The third-order valence-electron chi connectivity index (χ3n) is 4.08. The molecular formula is C15H24ClN3O. The molecule has 0 aromatic heterocycles. The van der Waals surface area contributed by atoms with Gasteiger partial charge in [-0.05, 0) is 18.7 Å². The van der Waals surface area contributed by atoms with Gasteiger partial charge in [0.15, 0.2) is 0 Å². The smallest absolute Gasteiger partial charge is 0.125 e. The average Bonchev–Trinajstić information content (AvgIpc) is 2.50. The van der Waals surface area contributed by atoms with Crippen molar-refractivity contribution < 1.29 is 4.74 Å². The van der Waals surface area contributed by atoms with E-state index in [1.54, 1.807) is 7.11 Å². The predicted octanol–water partition coefficient (Wildman–Crippen LogP) is 1.99. The quantitative estimate of drug-likeness (QED) is 0.902. The number of nitrogens with two attached hydrogens (primary N) is 1. The molecule has 1 unspecified atom stereocenters. The van der Waals surface area contributed by atoms with Crippen LogP contribution in [0.3, 0.4) is 0 Å². The number of hydrogen-bond acceptors (Lipinski definition) is 4. The molecule has 20 heavy (non-hydrogen) atoms. The molecule has 1 fully saturated rings. The van der Waals surface area contributed by atoms with Crippen LogP contribution >= 0.6 is 11.6 Å². The fraction of sp³-hybridized carbons (Fsp3) is 0.600. The normalized spacial score (nSPS) is 19.0. The minimum atomic E-state index is 0.123. The van der Waals surface area contributed by atoms with Gasteiger partial charge in [0, 0.05) is 43.3 Å². The number of rotatable bonds is 5. The van der Waals surface area contributed by atoms with Crippen LogP contribution in [0.25, 0.3) is 0 Å². The Kier molecular flexibility index (Phi) is 5.66. The fourth-order valence-corrected chi connectivity index (χ4v) is 3.15. The lowest BCUT2D eigenvalue weighted by Gasteiger charge is -2.39. The summed E-state index contributed by atoms with van der Waals surface area (Å²) in [6, 6.07) is 5.89. The zero-order valence-corrected chi connectivity index (χ0v) is 13.1. The number of nitrogens with zero attached hydrogens (tertiary/aromatic N) is 2. The first-order chi connectivity index (χ1) is 9.71. The number of likely N-dealkylation sites (N-methyl/N-ethyl adjacent to an activating group) is 1. The number of halogens is 1. The molecule has 1 atom stereocenters. The third-order valence-corrected chi connectivity index (χ3v) is 4.41. The highest BCUT2D eigenvalue weighted by Gasteiger charge is 2.27. The maximum Gasteiger partial charge on any atom is 0.125 e. The van der Waals surface area contributed by atoms with Gasteiger partial charge < -0.3 is 15.4 Å². The first kappa shape index (κ1) is 15.6. The largest absolute Gasteiger partial charge is 0.496 e. The Balaban J connectivity index is 2.21. The highest BCUT2D eigenvalue weighted by molar-refractivity contribution is 6.31. The van der Waals surface area contributed by atoms with E-state index in [9.17, 15) is 0 Å². The summed E-state index contributed by atoms with van der Waals surface area (Å²) < 4.78 is 5.46. The standard InChI is InChI=1S/C15H24ClN3O/c1-3-18-7-9-19(10-8-18)13(11-17)15-12(16)5-4-6-14(15)20-2/h4-6,13H,3,7-11,17H2,1-2H3. The summed E-state index contributed by atoms with van der Waals surface area (Å²) in [6.07, 6.45) is 0. The first-order valence-corrected chi connectivity index (χ1v) is 7.57. The summed E-state index contributed by atoms with van der Waals surface area (Å²) in [5.74, 6) is 0.825. The Labute approximate surface area is 126 Å². The molecule has 112 valence electrons. The van der Waals surface area contributed by atoms with Gasteiger partial charge in [0.25, 0.3) is 0 Å². The van der Waals surface area contributed by atoms with Gasteiger partial charge in [0.2, 0.25) is 0 Å². The summed E-state index contributed by atoms with van der Waals surface area (Å²) in [5.41, 5.74) is 7.04. The molecule has 1 aromatic rings. The van der Waals surface area contributed by atoms with Crippen LogP contribution in [0.15, 0.2) is 18.2 Å². The molecule has 1 aliphatic rings. The van der Waals surface area contributed by atoms with Crippen molar-refractivity contribution in [2.75, 3.05) is 46.4 Å². The molecule has 0 saturated carbocycles. The van der Waals surface area contributed by atoms with Crippen molar-refractivity contribution in [2.24, 2.45) is 5.73 Å². The van der Waals surface area contributed by atoms with E-state index in [-0.39, 0.29) is 6.04 Å². The van der Waals surface area contributed by atoms with Crippen molar-refractivity contribution in [1.82, 2.24) is 9.80 Å². The summed E-state index contributed by atoms with van der Waals surface area (Å²) in [5, 5.41) is 0.734. The minimum Gasteiger partial charge on any atom is -0.496 e. The van der Waals surface area contributed by atoms with Gasteiger partial charge in [-0.3, -0.25) is 4.90 Å². The van der Waals surface area contributed by atoms with Crippen LogP contribution in [0, 0.1) is 0 Å². The molecule has 4 nitrogen and oxygen atoms in total. The summed E-state index contributed by atoms with van der Waals surface area (Å²) in [6.45, 7) is 8.06. The molecule has 1 aliphatic heterocycles. The zero-order chi connectivity index (χ0) is 14.5. The van der Waals surface area contributed by atoms with Crippen LogP contribution in [-0.4, -0.2) is 56.2 Å². The maximum atomic E-state index is 6.38. The minimum absolute atomic E-state index is 0.123. The maximum absolute atomic E-state index is 6.38. The Morgan fingerprint density at radius 2 is 2.00 bits per heavy atom. The third kappa shape index (κ3) is 3.26. The zero-order valence-electron chi connectivity index (χ0n) is 12.3. The van der Waals surface area contributed by atoms with Crippen molar-refractivity contribution in [2.45, 2.75) is 13.0 Å². The molecule has 5 heteroatoms. The second-order valence-corrected chi connectivity index (χ2v) is 5.48. The number of hydrogen-bond donors (Lipinski definition) is 1. The summed E-state index contributed by atoms with van der Waals surface area (Å²) in [4.78, 5) is 4.86. The number of methoxy groups -OCH3 is 1. The van der Waals surface area contributed by atoms with E-state index in [0.29, 0.717) is 6.54 Å². The van der Waals surface area contributed by atoms with Gasteiger partial charge in [-0.25, -0.2) is 0 Å². The lowest BCUT2D eigenvalue weighted by atomic mass is 10.0. The van der Waals surface area contributed by atoms with E-state index in [4.69, 9.17) is 22.1 Å². The molecule has 0 amide bonds. The van der Waals surface area contributed by atoms with Crippen molar-refractivity contribution >= 4 is 11.6 Å². The lowest BCUT2D eigenvalue weighted by Crippen LogP contribution is -2.48. The van der Waals surface area contributed by atoms with Crippen molar-refractivity contribution in [3.05, 3.63) is 28.8 Å². The molecule has 0 aliphatic carbocycles. The second kappa shape index (κ2) is 7.27. The van der Waals surface area contributed by atoms with Crippen molar-refractivity contribution in [1.29, 1.82) is 0 Å². The monoisotopic (exact) mass is 297 g/mol. The first-order valence-electron chi connectivity index (χ1n) is 7.20. The van der Waals surface area contributed by atoms with E-state index in [1.807, 2.05) is 18.2 Å². The van der Waals surface area contributed by atoms with E-state index in [1.165, 1.54) is 0 Å². The number of piperazine rings is 1. The molecule has 0 bridgehead atoms. The second-order valence-electron chi connectivity index (χ2n) is 5.08. The molecular weight excluding hydrogens is 274 g/mol. The number of ether oxygens (including phenoxy) is 1. The van der Waals surface area contributed by atoms with Crippen LogP contribution in [0.1, 0.15) is 18.5 Å². The summed E-state index contributed by atoms with van der Waals surface area (Å²) in [7, 11) is 1.68. The van der Waals surface area contributed by atoms with Gasteiger partial charge in [0.05, 0.1) is 13.2 Å². The molecule has 1 heterocycles. The molecule has 2 rings (SSSR count). The molecule has 1 aromatic carbocycles. The molecule has 2 N–H and O–H groups in total. The average molecular weight is 298 g/mol. The lowest BCUT2D eigenvalue weighted by molar-refractivity contribution is 0.101. The van der Waals surface area contributed by atoms with Gasteiger partial charge in [-0.15, -0.1) is 0 Å². The molecule has 0 radical (unpaired) electrons. The molecule has 0 spiro atoms. The van der Waals surface area contributed by atoms with E-state index in [0.717, 1.165) is 49.1 Å². The van der Waals surface area contributed by atoms with Gasteiger partial charge in [-0.1, -0.05) is 24.6 Å². The Hall–Kier alpha value is -0.810.